The van der Waals surface area contributed by atoms with Crippen LogP contribution < -0.4 is 5.73 Å². The monoisotopic (exact) mass is 303 g/mol. The lowest BCUT2D eigenvalue weighted by Gasteiger charge is -2.15. The number of amides is 1. The summed E-state index contributed by atoms with van der Waals surface area (Å²) in [5.41, 5.74) is 6.57. The Kier molecular flexibility index (Phi) is 4.60. The Labute approximate surface area is 127 Å². The summed E-state index contributed by atoms with van der Waals surface area (Å²) >= 11 is 6.06. The van der Waals surface area contributed by atoms with E-state index in [2.05, 4.69) is 0 Å². The maximum absolute atomic E-state index is 12.0. The second-order valence-corrected chi connectivity index (χ2v) is 4.92. The number of benzene rings is 2. The molecule has 0 bridgehead atoms. The Bertz CT molecular complexity index is 667. The lowest BCUT2D eigenvalue weighted by atomic mass is 10.1. The Morgan fingerprint density at radius 2 is 1.62 bits per heavy atom. The molecule has 1 atom stereocenters. The van der Waals surface area contributed by atoms with Crippen molar-refractivity contribution in [1.82, 2.24) is 0 Å². The Morgan fingerprint density at radius 3 is 2.19 bits per heavy atom. The molecule has 0 saturated carbocycles. The average Bonchev–Trinajstić information content (AvgIpc) is 2.47. The van der Waals surface area contributed by atoms with Gasteiger partial charge in [-0.05, 0) is 37.3 Å². The summed E-state index contributed by atoms with van der Waals surface area (Å²) in [7, 11) is 0. The van der Waals surface area contributed by atoms with Crippen LogP contribution in [0.3, 0.4) is 0 Å². The highest BCUT2D eigenvalue weighted by Crippen LogP contribution is 2.25. The van der Waals surface area contributed by atoms with Gasteiger partial charge in [0.2, 0.25) is 5.91 Å². The number of hydrogen-bond donors (Lipinski definition) is 1. The largest absolute Gasteiger partial charge is 0.454 e. The van der Waals surface area contributed by atoms with Crippen molar-refractivity contribution in [3.8, 4) is 0 Å². The molecule has 21 heavy (non-hydrogen) atoms. The lowest BCUT2D eigenvalue weighted by molar-refractivity contribution is 0.0338. The molecule has 0 aliphatic carbocycles. The summed E-state index contributed by atoms with van der Waals surface area (Å²) in [6, 6.07) is 13.1. The van der Waals surface area contributed by atoms with Gasteiger partial charge in [0, 0.05) is 16.1 Å². The van der Waals surface area contributed by atoms with Crippen molar-refractivity contribution >= 4 is 23.5 Å². The SMILES string of the molecule is C[C@H](OC(=O)c1ccc(C(N)=O)cc1)c1ccccc1Cl. The van der Waals surface area contributed by atoms with E-state index < -0.39 is 18.0 Å². The molecule has 0 heterocycles. The summed E-state index contributed by atoms with van der Waals surface area (Å²) < 4.78 is 5.36. The number of primary amides is 1. The van der Waals surface area contributed by atoms with Crippen molar-refractivity contribution in [2.24, 2.45) is 5.73 Å². The van der Waals surface area contributed by atoms with Gasteiger partial charge in [-0.15, -0.1) is 0 Å². The number of ether oxygens (including phenoxy) is 1. The minimum absolute atomic E-state index is 0.339. The Balaban J connectivity index is 2.11. The van der Waals surface area contributed by atoms with E-state index in [4.69, 9.17) is 22.1 Å². The van der Waals surface area contributed by atoms with E-state index in [0.717, 1.165) is 5.56 Å². The first-order valence-corrected chi connectivity index (χ1v) is 6.72. The van der Waals surface area contributed by atoms with E-state index in [1.807, 2.05) is 12.1 Å². The van der Waals surface area contributed by atoms with Crippen molar-refractivity contribution in [3.63, 3.8) is 0 Å². The van der Waals surface area contributed by atoms with Crippen molar-refractivity contribution in [3.05, 3.63) is 70.2 Å². The fraction of sp³-hybridized carbons (Fsp3) is 0.125. The molecule has 2 N–H and O–H groups in total. The van der Waals surface area contributed by atoms with Gasteiger partial charge in [0.05, 0.1) is 5.56 Å². The van der Waals surface area contributed by atoms with Gasteiger partial charge in [-0.3, -0.25) is 4.79 Å². The Morgan fingerprint density at radius 1 is 1.05 bits per heavy atom. The molecule has 4 nitrogen and oxygen atoms in total. The zero-order valence-corrected chi connectivity index (χ0v) is 12.1. The molecule has 0 fully saturated rings. The first-order valence-electron chi connectivity index (χ1n) is 6.34. The van der Waals surface area contributed by atoms with Crippen LogP contribution in [0, 0.1) is 0 Å². The first kappa shape index (κ1) is 15.1. The lowest BCUT2D eigenvalue weighted by Crippen LogP contribution is -2.12. The van der Waals surface area contributed by atoms with E-state index in [9.17, 15) is 9.59 Å². The van der Waals surface area contributed by atoms with E-state index in [1.165, 1.54) is 24.3 Å². The number of esters is 1. The number of nitrogens with two attached hydrogens (primary N) is 1. The van der Waals surface area contributed by atoms with Crippen LogP contribution in [-0.4, -0.2) is 11.9 Å². The van der Waals surface area contributed by atoms with Gasteiger partial charge in [0.25, 0.3) is 0 Å². The predicted molar refractivity (Wildman–Crippen MR) is 80.2 cm³/mol. The minimum Gasteiger partial charge on any atom is -0.454 e. The molecule has 0 aromatic heterocycles. The molecule has 5 heteroatoms. The predicted octanol–water partition coefficient (Wildman–Crippen LogP) is 3.36. The summed E-state index contributed by atoms with van der Waals surface area (Å²) in [5, 5.41) is 0.543. The number of hydrogen-bond acceptors (Lipinski definition) is 3. The highest BCUT2D eigenvalue weighted by molar-refractivity contribution is 6.31. The minimum atomic E-state index is -0.542. The van der Waals surface area contributed by atoms with Gasteiger partial charge in [-0.2, -0.15) is 0 Å². The molecule has 0 spiro atoms. The van der Waals surface area contributed by atoms with Crippen LogP contribution in [-0.2, 0) is 4.74 Å². The number of carbonyl (C=O) groups excluding carboxylic acids is 2. The third-order valence-corrected chi connectivity index (χ3v) is 3.38. The number of carbonyl (C=O) groups is 2. The zero-order chi connectivity index (χ0) is 15.4. The molecule has 0 aliphatic heterocycles. The molecule has 0 aliphatic rings. The maximum Gasteiger partial charge on any atom is 0.338 e. The molecule has 0 radical (unpaired) electrons. The molecule has 2 aromatic carbocycles. The summed E-state index contributed by atoms with van der Waals surface area (Å²) in [6.07, 6.45) is -0.470. The second kappa shape index (κ2) is 6.41. The van der Waals surface area contributed by atoms with Crippen LogP contribution in [0.25, 0.3) is 0 Å². The number of halogens is 1. The molecular weight excluding hydrogens is 290 g/mol. The standard InChI is InChI=1S/C16H14ClNO3/c1-10(13-4-2-3-5-14(13)17)21-16(20)12-8-6-11(7-9-12)15(18)19/h2-10H,1H3,(H2,18,19)/t10-/m0/s1. The van der Waals surface area contributed by atoms with Crippen LogP contribution >= 0.6 is 11.6 Å². The first-order chi connectivity index (χ1) is 9.99. The summed E-state index contributed by atoms with van der Waals surface area (Å²) in [5.74, 6) is -1.03. The Hall–Kier alpha value is -2.33. The van der Waals surface area contributed by atoms with Gasteiger partial charge in [0.1, 0.15) is 6.10 Å². The van der Waals surface area contributed by atoms with Crippen molar-refractivity contribution in [1.29, 1.82) is 0 Å². The van der Waals surface area contributed by atoms with Crippen molar-refractivity contribution in [2.75, 3.05) is 0 Å². The van der Waals surface area contributed by atoms with Gasteiger partial charge in [-0.1, -0.05) is 29.8 Å². The van der Waals surface area contributed by atoms with E-state index in [0.29, 0.717) is 16.1 Å². The van der Waals surface area contributed by atoms with Gasteiger partial charge >= 0.3 is 5.97 Å². The topological polar surface area (TPSA) is 69.4 Å². The highest BCUT2D eigenvalue weighted by Gasteiger charge is 2.16. The molecular formula is C16H14ClNO3. The van der Waals surface area contributed by atoms with Gasteiger partial charge in [0.15, 0.2) is 0 Å². The van der Waals surface area contributed by atoms with Gasteiger partial charge < -0.3 is 10.5 Å². The third kappa shape index (κ3) is 3.61. The van der Waals surface area contributed by atoms with Crippen LogP contribution in [0.4, 0.5) is 0 Å². The fourth-order valence-corrected chi connectivity index (χ4v) is 2.16. The second-order valence-electron chi connectivity index (χ2n) is 4.51. The van der Waals surface area contributed by atoms with Crippen LogP contribution in [0.5, 0.6) is 0 Å². The van der Waals surface area contributed by atoms with Crippen molar-refractivity contribution < 1.29 is 14.3 Å². The van der Waals surface area contributed by atoms with Gasteiger partial charge in [-0.25, -0.2) is 4.79 Å². The van der Waals surface area contributed by atoms with E-state index in [-0.39, 0.29) is 0 Å². The fourth-order valence-electron chi connectivity index (χ4n) is 1.87. The normalized spacial score (nSPS) is 11.7. The van der Waals surface area contributed by atoms with Crippen LogP contribution in [0.2, 0.25) is 5.02 Å². The quantitative estimate of drug-likeness (QED) is 0.881. The maximum atomic E-state index is 12.0. The molecule has 0 saturated heterocycles. The molecule has 108 valence electrons. The highest BCUT2D eigenvalue weighted by atomic mass is 35.5. The summed E-state index contributed by atoms with van der Waals surface area (Å²) in [4.78, 5) is 23.0. The van der Waals surface area contributed by atoms with Crippen LogP contribution in [0.15, 0.2) is 48.5 Å². The molecule has 0 unspecified atom stereocenters. The molecule has 2 aromatic rings. The van der Waals surface area contributed by atoms with Crippen LogP contribution in [0.1, 0.15) is 39.3 Å². The average molecular weight is 304 g/mol. The molecule has 2 rings (SSSR count). The van der Waals surface area contributed by atoms with E-state index in [1.54, 1.807) is 19.1 Å². The third-order valence-electron chi connectivity index (χ3n) is 3.03. The summed E-state index contributed by atoms with van der Waals surface area (Å²) in [6.45, 7) is 1.75. The smallest absolute Gasteiger partial charge is 0.338 e. The van der Waals surface area contributed by atoms with E-state index >= 15 is 0 Å². The van der Waals surface area contributed by atoms with Crippen molar-refractivity contribution in [2.45, 2.75) is 13.0 Å². The zero-order valence-electron chi connectivity index (χ0n) is 11.4. The number of rotatable bonds is 4. The molecule has 1 amide bonds.